The Morgan fingerprint density at radius 1 is 1.47 bits per heavy atom. The molecule has 0 aromatic carbocycles. The fourth-order valence-corrected chi connectivity index (χ4v) is 0.888. The van der Waals surface area contributed by atoms with E-state index >= 15 is 0 Å². The fourth-order valence-electron chi connectivity index (χ4n) is 0.888. The zero-order chi connectivity index (χ0) is 10.7. The normalized spacial score (nSPS) is 10.9. The van der Waals surface area contributed by atoms with Crippen LogP contribution < -0.4 is 0 Å². The topological polar surface area (TPSA) is 99.3 Å². The van der Waals surface area contributed by atoms with Crippen LogP contribution in [0.2, 0.25) is 0 Å². The summed E-state index contributed by atoms with van der Waals surface area (Å²) >= 11 is 0. The van der Waals surface area contributed by atoms with E-state index in [2.05, 4.69) is 15.3 Å². The third-order valence-electron chi connectivity index (χ3n) is 1.52. The first kappa shape index (κ1) is 9.06. The lowest BCUT2D eigenvalue weighted by Gasteiger charge is -1.86. The summed E-state index contributed by atoms with van der Waals surface area (Å²) in [5.74, 6) is -0.0318. The second-order valence-corrected chi connectivity index (χ2v) is 2.52. The molecule has 76 valence electrons. The number of nitrogens with zero attached hydrogens (tertiary/aromatic N) is 5. The van der Waals surface area contributed by atoms with E-state index in [-0.39, 0.29) is 11.6 Å². The number of rotatable bonds is 3. The van der Waals surface area contributed by atoms with Gasteiger partial charge in [0.05, 0.1) is 12.3 Å². The summed E-state index contributed by atoms with van der Waals surface area (Å²) in [4.78, 5) is 9.67. The van der Waals surface area contributed by atoms with Crippen molar-refractivity contribution in [1.82, 2.24) is 14.9 Å². The molecule has 0 atom stereocenters. The molecule has 2 rings (SSSR count). The first-order valence-corrected chi connectivity index (χ1v) is 3.89. The third kappa shape index (κ3) is 2.05. The highest BCUT2D eigenvalue weighted by atomic mass is 16.6. The van der Waals surface area contributed by atoms with Crippen LogP contribution in [-0.2, 0) is 0 Å². The van der Waals surface area contributed by atoms with Crippen LogP contribution in [0.5, 0.6) is 0 Å². The van der Waals surface area contributed by atoms with Crippen molar-refractivity contribution < 1.29 is 9.34 Å². The van der Waals surface area contributed by atoms with Crippen molar-refractivity contribution in [1.29, 1.82) is 0 Å². The summed E-state index contributed by atoms with van der Waals surface area (Å²) in [6.45, 7) is 0. The summed E-state index contributed by atoms with van der Waals surface area (Å²) in [5.41, 5.74) is 0. The van der Waals surface area contributed by atoms with Crippen LogP contribution >= 0.6 is 0 Å². The van der Waals surface area contributed by atoms with Gasteiger partial charge >= 0.3 is 5.88 Å². The molecule has 2 aromatic heterocycles. The molecule has 0 bridgehead atoms. The molecule has 0 aliphatic carbocycles. The maximum absolute atomic E-state index is 10.3. The van der Waals surface area contributed by atoms with Crippen LogP contribution in [0, 0.1) is 10.1 Å². The molecule has 0 saturated carbocycles. The molecule has 15 heavy (non-hydrogen) atoms. The zero-order valence-electron chi connectivity index (χ0n) is 7.35. The molecular weight excluding hydrogens is 202 g/mol. The van der Waals surface area contributed by atoms with Gasteiger partial charge in [-0.25, -0.2) is 4.68 Å². The second kappa shape index (κ2) is 3.70. The first-order chi connectivity index (χ1) is 7.25. The minimum absolute atomic E-state index is 0.287. The van der Waals surface area contributed by atoms with Gasteiger partial charge in [-0.05, 0) is 6.07 Å². The van der Waals surface area contributed by atoms with Crippen LogP contribution in [-0.4, -0.2) is 26.0 Å². The third-order valence-corrected chi connectivity index (χ3v) is 1.52. The van der Waals surface area contributed by atoms with Crippen LogP contribution in [0.3, 0.4) is 0 Å². The van der Waals surface area contributed by atoms with Gasteiger partial charge in [0, 0.05) is 0 Å². The van der Waals surface area contributed by atoms with E-state index in [1.165, 1.54) is 35.7 Å². The molecule has 0 radical (unpaired) electrons. The van der Waals surface area contributed by atoms with E-state index in [1.807, 2.05) is 0 Å². The smallest absolute Gasteiger partial charge is 0.400 e. The Hall–Kier alpha value is -2.51. The monoisotopic (exact) mass is 207 g/mol. The average Bonchev–Trinajstić information content (AvgIpc) is 2.86. The molecule has 8 heteroatoms. The largest absolute Gasteiger partial charge is 0.433 e. The van der Waals surface area contributed by atoms with Gasteiger partial charge in [0.2, 0.25) is 0 Å². The molecule has 0 aliphatic heterocycles. The molecule has 2 heterocycles. The lowest BCUT2D eigenvalue weighted by atomic mass is 10.5. The van der Waals surface area contributed by atoms with Crippen molar-refractivity contribution in [2.24, 2.45) is 5.10 Å². The Morgan fingerprint density at radius 2 is 2.20 bits per heavy atom. The van der Waals surface area contributed by atoms with Crippen molar-refractivity contribution in [3.05, 3.63) is 40.7 Å². The molecule has 0 spiro atoms. The Balaban J connectivity index is 2.14. The maximum atomic E-state index is 10.3. The van der Waals surface area contributed by atoms with Gasteiger partial charge < -0.3 is 4.42 Å². The lowest BCUT2D eigenvalue weighted by molar-refractivity contribution is -0.402. The number of hydrogen-bond acceptors (Lipinski definition) is 6. The number of aromatic nitrogens is 3. The van der Waals surface area contributed by atoms with Crippen LogP contribution in [0.25, 0.3) is 0 Å². The van der Waals surface area contributed by atoms with Gasteiger partial charge in [0.1, 0.15) is 17.6 Å². The summed E-state index contributed by atoms with van der Waals surface area (Å²) in [7, 11) is 0. The Bertz CT molecular complexity index is 486. The molecule has 0 N–H and O–H groups in total. The molecule has 0 fully saturated rings. The van der Waals surface area contributed by atoms with Crippen LogP contribution in [0.4, 0.5) is 5.88 Å². The maximum Gasteiger partial charge on any atom is 0.433 e. The van der Waals surface area contributed by atoms with Gasteiger partial charge in [-0.2, -0.15) is 5.10 Å². The SMILES string of the molecule is O=[N+]([O-])c1ccc(/C=N/n2cnnc2)o1. The lowest BCUT2D eigenvalue weighted by Crippen LogP contribution is -1.86. The molecule has 2 aromatic rings. The molecule has 0 unspecified atom stereocenters. The molecule has 8 nitrogen and oxygen atoms in total. The number of furan rings is 1. The predicted molar refractivity (Wildman–Crippen MR) is 48.4 cm³/mol. The zero-order valence-corrected chi connectivity index (χ0v) is 7.35. The van der Waals surface area contributed by atoms with Crippen LogP contribution in [0.1, 0.15) is 5.76 Å². The van der Waals surface area contributed by atoms with Crippen molar-refractivity contribution in [3.8, 4) is 0 Å². The Morgan fingerprint density at radius 3 is 2.80 bits per heavy atom. The molecule has 0 aliphatic rings. The quantitative estimate of drug-likeness (QED) is 0.418. The van der Waals surface area contributed by atoms with Gasteiger partial charge in [-0.1, -0.05) is 0 Å². The van der Waals surface area contributed by atoms with Gasteiger partial charge in [0.25, 0.3) is 0 Å². The average molecular weight is 207 g/mol. The van der Waals surface area contributed by atoms with E-state index in [9.17, 15) is 10.1 Å². The molecular formula is C7H5N5O3. The minimum Gasteiger partial charge on any atom is -0.400 e. The molecule has 0 amide bonds. The van der Waals surface area contributed by atoms with Crippen molar-refractivity contribution >= 4 is 12.1 Å². The standard InChI is InChI=1S/C7H5N5O3/c13-12(14)7-2-1-6(15-7)3-10-11-4-8-9-5-11/h1-5H/b10-3+. The highest BCUT2D eigenvalue weighted by molar-refractivity contribution is 5.76. The fraction of sp³-hybridized carbons (Fsp3) is 0. The Labute approximate surface area is 83.0 Å². The van der Waals surface area contributed by atoms with Crippen molar-refractivity contribution in [2.45, 2.75) is 0 Å². The highest BCUT2D eigenvalue weighted by Crippen LogP contribution is 2.13. The van der Waals surface area contributed by atoms with E-state index in [0.717, 1.165) is 0 Å². The molecule has 0 saturated heterocycles. The summed E-state index contributed by atoms with van der Waals surface area (Å²) in [6, 6.07) is 2.71. The second-order valence-electron chi connectivity index (χ2n) is 2.52. The summed E-state index contributed by atoms with van der Waals surface area (Å²) in [5, 5.41) is 21.2. The van der Waals surface area contributed by atoms with Crippen LogP contribution in [0.15, 0.2) is 34.3 Å². The first-order valence-electron chi connectivity index (χ1n) is 3.89. The highest BCUT2D eigenvalue weighted by Gasteiger charge is 2.09. The predicted octanol–water partition coefficient (Wildman–Crippen LogP) is 0.661. The van der Waals surface area contributed by atoms with E-state index in [1.54, 1.807) is 0 Å². The van der Waals surface area contributed by atoms with Crippen molar-refractivity contribution in [2.75, 3.05) is 0 Å². The number of nitro groups is 1. The van der Waals surface area contributed by atoms with Gasteiger partial charge in [-0.3, -0.25) is 10.1 Å². The van der Waals surface area contributed by atoms with E-state index in [0.29, 0.717) is 0 Å². The minimum atomic E-state index is -0.615. The van der Waals surface area contributed by atoms with E-state index < -0.39 is 4.92 Å². The Kier molecular flexibility index (Phi) is 2.23. The van der Waals surface area contributed by atoms with Crippen molar-refractivity contribution in [3.63, 3.8) is 0 Å². The summed E-state index contributed by atoms with van der Waals surface area (Å²) in [6.07, 6.45) is 4.10. The number of hydrogen-bond donors (Lipinski definition) is 0. The summed E-state index contributed by atoms with van der Waals surface area (Å²) < 4.78 is 6.18. The van der Waals surface area contributed by atoms with E-state index in [4.69, 9.17) is 4.42 Å². The van der Waals surface area contributed by atoms with Gasteiger partial charge in [-0.15, -0.1) is 10.2 Å². The van der Waals surface area contributed by atoms with Gasteiger partial charge in [0.15, 0.2) is 5.76 Å².